The summed E-state index contributed by atoms with van der Waals surface area (Å²) in [6.45, 7) is -0.275. The van der Waals surface area contributed by atoms with Crippen molar-refractivity contribution in [2.45, 2.75) is 12.7 Å². The smallest absolute Gasteiger partial charge is 0.417 e. The van der Waals surface area contributed by atoms with Crippen LogP contribution in [0.2, 0.25) is 5.02 Å². The van der Waals surface area contributed by atoms with Crippen molar-refractivity contribution in [3.63, 3.8) is 0 Å². The molecule has 4 nitrogen and oxygen atoms in total. The summed E-state index contributed by atoms with van der Waals surface area (Å²) >= 11 is 6.09. The normalized spacial score (nSPS) is 11.2. The van der Waals surface area contributed by atoms with E-state index < -0.39 is 28.7 Å². The molecule has 0 amide bonds. The van der Waals surface area contributed by atoms with E-state index in [0.29, 0.717) is 17.1 Å². The summed E-state index contributed by atoms with van der Waals surface area (Å²) in [5, 5.41) is 9.32. The van der Waals surface area contributed by atoms with E-state index >= 15 is 0 Å². The second kappa shape index (κ2) is 9.65. The number of rotatable bonds is 5. The maximum atomic E-state index is 13.7. The van der Waals surface area contributed by atoms with E-state index in [4.69, 9.17) is 16.3 Å². The number of ether oxygens (including phenoxy) is 1. The lowest BCUT2D eigenvalue weighted by Crippen LogP contribution is -2.28. The third kappa shape index (κ3) is 5.20. The SMILES string of the molecule is N#Cc1c(C(F)(F)F)cc(-c2ccc(Oc3ccccc3)cc2)n(Cc2ccc(F)cc2Cl)c1=O. The van der Waals surface area contributed by atoms with Crippen molar-refractivity contribution in [2.75, 3.05) is 0 Å². The van der Waals surface area contributed by atoms with Crippen molar-refractivity contribution in [3.8, 4) is 28.8 Å². The van der Waals surface area contributed by atoms with Gasteiger partial charge in [-0.2, -0.15) is 18.4 Å². The van der Waals surface area contributed by atoms with Gasteiger partial charge >= 0.3 is 6.18 Å². The first-order valence-electron chi connectivity index (χ1n) is 10.2. The van der Waals surface area contributed by atoms with E-state index in [1.54, 1.807) is 36.4 Å². The van der Waals surface area contributed by atoms with Gasteiger partial charge in [-0.05, 0) is 65.7 Å². The van der Waals surface area contributed by atoms with Crippen LogP contribution >= 0.6 is 11.6 Å². The molecular weight excluding hydrogens is 484 g/mol. The summed E-state index contributed by atoms with van der Waals surface area (Å²) in [5.74, 6) is 0.395. The standard InChI is InChI=1S/C26H15ClF4N2O2/c27-23-12-18(28)9-6-17(23)15-33-24(13-22(26(29,30)31)21(14-32)25(33)34)16-7-10-20(11-8-16)35-19-4-2-1-3-5-19/h1-13H,15H2. The van der Waals surface area contributed by atoms with E-state index in [1.807, 2.05) is 6.07 Å². The maximum absolute atomic E-state index is 13.7. The summed E-state index contributed by atoms with van der Waals surface area (Å²) in [5.41, 5.74) is -3.04. The Hall–Kier alpha value is -4.09. The molecule has 0 saturated heterocycles. The number of hydrogen-bond donors (Lipinski definition) is 0. The molecule has 0 radical (unpaired) electrons. The maximum Gasteiger partial charge on any atom is 0.417 e. The summed E-state index contributed by atoms with van der Waals surface area (Å²) in [4.78, 5) is 13.1. The number of benzene rings is 3. The Balaban J connectivity index is 1.84. The molecule has 0 bridgehead atoms. The van der Waals surface area contributed by atoms with Crippen LogP contribution in [-0.4, -0.2) is 4.57 Å². The number of nitriles is 1. The first-order valence-corrected chi connectivity index (χ1v) is 10.6. The van der Waals surface area contributed by atoms with Gasteiger partial charge in [-0.3, -0.25) is 4.79 Å². The average Bonchev–Trinajstić information content (AvgIpc) is 2.82. The first-order chi connectivity index (χ1) is 16.7. The van der Waals surface area contributed by atoms with Gasteiger partial charge in [0, 0.05) is 5.02 Å². The van der Waals surface area contributed by atoms with Crippen molar-refractivity contribution < 1.29 is 22.3 Å². The van der Waals surface area contributed by atoms with Gasteiger partial charge in [-0.25, -0.2) is 4.39 Å². The number of alkyl halides is 3. The molecule has 0 atom stereocenters. The number of pyridine rings is 1. The molecule has 0 N–H and O–H groups in total. The highest BCUT2D eigenvalue weighted by Gasteiger charge is 2.36. The Morgan fingerprint density at radius 2 is 1.60 bits per heavy atom. The molecule has 35 heavy (non-hydrogen) atoms. The summed E-state index contributed by atoms with van der Waals surface area (Å²) in [6.07, 6.45) is -4.93. The minimum atomic E-state index is -4.93. The van der Waals surface area contributed by atoms with Crippen LogP contribution in [0.3, 0.4) is 0 Å². The lowest BCUT2D eigenvalue weighted by Gasteiger charge is -2.18. The fourth-order valence-corrected chi connectivity index (χ4v) is 3.74. The second-order valence-corrected chi connectivity index (χ2v) is 7.90. The van der Waals surface area contributed by atoms with Crippen LogP contribution in [0.1, 0.15) is 16.7 Å². The molecule has 0 spiro atoms. The van der Waals surface area contributed by atoms with E-state index in [2.05, 4.69) is 0 Å². The highest BCUT2D eigenvalue weighted by molar-refractivity contribution is 6.31. The van der Waals surface area contributed by atoms with Gasteiger partial charge in [0.1, 0.15) is 28.9 Å². The quantitative estimate of drug-likeness (QED) is 0.277. The van der Waals surface area contributed by atoms with Crippen LogP contribution in [0.25, 0.3) is 11.3 Å². The second-order valence-electron chi connectivity index (χ2n) is 7.49. The topological polar surface area (TPSA) is 55.0 Å². The average molecular weight is 499 g/mol. The number of hydrogen-bond acceptors (Lipinski definition) is 3. The Kier molecular flexibility index (Phi) is 6.63. The van der Waals surface area contributed by atoms with Crippen LogP contribution in [0, 0.1) is 17.1 Å². The Bertz CT molecular complexity index is 1480. The number of nitrogens with zero attached hydrogens (tertiary/aromatic N) is 2. The molecule has 0 fully saturated rings. The van der Waals surface area contributed by atoms with Crippen molar-refractivity contribution in [2.24, 2.45) is 0 Å². The van der Waals surface area contributed by atoms with Crippen molar-refractivity contribution >= 4 is 11.6 Å². The molecule has 9 heteroatoms. The van der Waals surface area contributed by atoms with Crippen LogP contribution < -0.4 is 10.3 Å². The monoisotopic (exact) mass is 498 g/mol. The largest absolute Gasteiger partial charge is 0.457 e. The molecule has 0 saturated carbocycles. The van der Waals surface area contributed by atoms with E-state index in [9.17, 15) is 27.6 Å². The van der Waals surface area contributed by atoms with Crippen molar-refractivity contribution in [3.05, 3.63) is 117 Å². The van der Waals surface area contributed by atoms with Gasteiger partial charge in [-0.1, -0.05) is 35.9 Å². The summed E-state index contributed by atoms with van der Waals surface area (Å²) < 4.78 is 61.3. The molecule has 4 aromatic rings. The molecular formula is C26H15ClF4N2O2. The van der Waals surface area contributed by atoms with Crippen LogP contribution in [0.5, 0.6) is 11.5 Å². The van der Waals surface area contributed by atoms with Gasteiger partial charge in [0.05, 0.1) is 17.8 Å². The number of aromatic nitrogens is 1. The lowest BCUT2D eigenvalue weighted by molar-refractivity contribution is -0.137. The summed E-state index contributed by atoms with van der Waals surface area (Å²) in [7, 11) is 0. The van der Waals surface area contributed by atoms with Crippen LogP contribution in [0.4, 0.5) is 17.6 Å². The van der Waals surface area contributed by atoms with Crippen LogP contribution in [0.15, 0.2) is 83.7 Å². The number of para-hydroxylation sites is 1. The van der Waals surface area contributed by atoms with Crippen molar-refractivity contribution in [1.82, 2.24) is 4.57 Å². The zero-order chi connectivity index (χ0) is 25.2. The highest BCUT2D eigenvalue weighted by Crippen LogP contribution is 2.34. The van der Waals surface area contributed by atoms with E-state index in [0.717, 1.165) is 22.8 Å². The van der Waals surface area contributed by atoms with Gasteiger partial charge in [-0.15, -0.1) is 0 Å². The molecule has 4 rings (SSSR count). The Morgan fingerprint density at radius 1 is 0.943 bits per heavy atom. The zero-order valence-electron chi connectivity index (χ0n) is 17.8. The van der Waals surface area contributed by atoms with E-state index in [-0.39, 0.29) is 22.8 Å². The molecule has 0 unspecified atom stereocenters. The van der Waals surface area contributed by atoms with Crippen LogP contribution in [-0.2, 0) is 12.7 Å². The fourth-order valence-electron chi connectivity index (χ4n) is 3.51. The minimum absolute atomic E-state index is 0.00661. The van der Waals surface area contributed by atoms with Gasteiger partial charge < -0.3 is 9.30 Å². The number of halogens is 5. The van der Waals surface area contributed by atoms with Gasteiger partial charge in [0.2, 0.25) is 0 Å². The third-order valence-corrected chi connectivity index (χ3v) is 5.54. The molecule has 1 aromatic heterocycles. The first kappa shape index (κ1) is 24.0. The zero-order valence-corrected chi connectivity index (χ0v) is 18.6. The molecule has 176 valence electrons. The molecule has 1 heterocycles. The predicted molar refractivity (Wildman–Crippen MR) is 123 cm³/mol. The molecule has 3 aromatic carbocycles. The van der Waals surface area contributed by atoms with Gasteiger partial charge in [0.15, 0.2) is 0 Å². The predicted octanol–water partition coefficient (Wildman–Crippen LogP) is 7.04. The van der Waals surface area contributed by atoms with E-state index in [1.165, 1.54) is 24.3 Å². The Morgan fingerprint density at radius 3 is 2.20 bits per heavy atom. The molecule has 0 aliphatic heterocycles. The lowest BCUT2D eigenvalue weighted by atomic mass is 10.0. The highest BCUT2D eigenvalue weighted by atomic mass is 35.5. The third-order valence-electron chi connectivity index (χ3n) is 5.19. The summed E-state index contributed by atoms with van der Waals surface area (Å²) in [6, 6.07) is 20.6. The molecule has 0 aliphatic rings. The fraction of sp³-hybridized carbons (Fsp3) is 0.0769. The van der Waals surface area contributed by atoms with Gasteiger partial charge in [0.25, 0.3) is 5.56 Å². The Labute approximate surface area is 202 Å². The minimum Gasteiger partial charge on any atom is -0.457 e. The van der Waals surface area contributed by atoms with Crippen molar-refractivity contribution in [1.29, 1.82) is 5.26 Å². The molecule has 0 aliphatic carbocycles.